The number of piperidine rings is 1. The first-order valence-corrected chi connectivity index (χ1v) is 6.65. The SMILES string of the molecule is CCOC(=O)c1ccc(N2CCC(OC)CC2)nc1. The highest BCUT2D eigenvalue weighted by Crippen LogP contribution is 2.19. The Bertz CT molecular complexity index is 411. The van der Waals surface area contributed by atoms with Gasteiger partial charge in [0.1, 0.15) is 5.82 Å². The first-order valence-electron chi connectivity index (χ1n) is 6.65. The summed E-state index contributed by atoms with van der Waals surface area (Å²) in [5.74, 6) is 0.585. The van der Waals surface area contributed by atoms with Gasteiger partial charge in [-0.1, -0.05) is 0 Å². The summed E-state index contributed by atoms with van der Waals surface area (Å²) in [7, 11) is 1.76. The molecular formula is C14H20N2O3. The van der Waals surface area contributed by atoms with Crippen LogP contribution in [-0.2, 0) is 9.47 Å². The average Bonchev–Trinajstić information content (AvgIpc) is 2.48. The maximum atomic E-state index is 11.5. The Kier molecular flexibility index (Phi) is 4.74. The number of anilines is 1. The van der Waals surface area contributed by atoms with Crippen molar-refractivity contribution < 1.29 is 14.3 Å². The molecule has 1 saturated heterocycles. The number of pyridine rings is 1. The van der Waals surface area contributed by atoms with Gasteiger partial charge in [-0.05, 0) is 31.9 Å². The summed E-state index contributed by atoms with van der Waals surface area (Å²) in [6.07, 6.45) is 3.96. The van der Waals surface area contributed by atoms with E-state index in [1.54, 1.807) is 26.3 Å². The van der Waals surface area contributed by atoms with E-state index in [2.05, 4.69) is 9.88 Å². The van der Waals surface area contributed by atoms with Gasteiger partial charge in [-0.25, -0.2) is 9.78 Å². The van der Waals surface area contributed by atoms with Gasteiger partial charge in [0.15, 0.2) is 0 Å². The summed E-state index contributed by atoms with van der Waals surface area (Å²) in [5.41, 5.74) is 0.498. The molecule has 19 heavy (non-hydrogen) atoms. The number of carbonyl (C=O) groups is 1. The van der Waals surface area contributed by atoms with Gasteiger partial charge in [0.25, 0.3) is 0 Å². The Labute approximate surface area is 113 Å². The molecule has 0 bridgehead atoms. The summed E-state index contributed by atoms with van der Waals surface area (Å²) in [6, 6.07) is 3.64. The molecule has 0 unspecified atom stereocenters. The van der Waals surface area contributed by atoms with Crippen LogP contribution in [0.15, 0.2) is 18.3 Å². The summed E-state index contributed by atoms with van der Waals surface area (Å²) in [6.45, 7) is 4.04. The standard InChI is InChI=1S/C14H20N2O3/c1-3-19-14(17)11-4-5-13(15-10-11)16-8-6-12(18-2)7-9-16/h4-5,10,12H,3,6-9H2,1-2H3. The number of hydrogen-bond acceptors (Lipinski definition) is 5. The molecule has 2 heterocycles. The second kappa shape index (κ2) is 6.52. The molecule has 0 amide bonds. The quantitative estimate of drug-likeness (QED) is 0.777. The van der Waals surface area contributed by atoms with E-state index in [4.69, 9.17) is 9.47 Å². The molecule has 5 heteroatoms. The van der Waals surface area contributed by atoms with Crippen molar-refractivity contribution in [2.45, 2.75) is 25.9 Å². The van der Waals surface area contributed by atoms with Crippen LogP contribution in [-0.4, -0.2) is 43.9 Å². The molecule has 0 radical (unpaired) electrons. The third-order valence-corrected chi connectivity index (χ3v) is 3.36. The smallest absolute Gasteiger partial charge is 0.339 e. The van der Waals surface area contributed by atoms with E-state index < -0.39 is 0 Å². The van der Waals surface area contributed by atoms with E-state index in [1.165, 1.54) is 0 Å². The fourth-order valence-electron chi connectivity index (χ4n) is 2.23. The number of hydrogen-bond donors (Lipinski definition) is 0. The highest BCUT2D eigenvalue weighted by molar-refractivity contribution is 5.89. The molecule has 0 spiro atoms. The minimum absolute atomic E-state index is 0.320. The van der Waals surface area contributed by atoms with E-state index in [9.17, 15) is 4.79 Å². The Morgan fingerprint density at radius 3 is 2.68 bits per heavy atom. The van der Waals surface area contributed by atoms with E-state index in [-0.39, 0.29) is 5.97 Å². The number of aromatic nitrogens is 1. The van der Waals surface area contributed by atoms with Crippen LogP contribution < -0.4 is 4.90 Å². The van der Waals surface area contributed by atoms with Crippen molar-refractivity contribution >= 4 is 11.8 Å². The molecule has 2 rings (SSSR count). The topological polar surface area (TPSA) is 51.7 Å². The molecular weight excluding hydrogens is 244 g/mol. The number of nitrogens with zero attached hydrogens (tertiary/aromatic N) is 2. The highest BCUT2D eigenvalue weighted by Gasteiger charge is 2.19. The lowest BCUT2D eigenvalue weighted by Gasteiger charge is -2.32. The van der Waals surface area contributed by atoms with Gasteiger partial charge in [0.2, 0.25) is 0 Å². The summed E-state index contributed by atoms with van der Waals surface area (Å²) < 4.78 is 10.3. The van der Waals surface area contributed by atoms with Crippen molar-refractivity contribution in [1.82, 2.24) is 4.98 Å². The monoisotopic (exact) mass is 264 g/mol. The lowest BCUT2D eigenvalue weighted by molar-refractivity contribution is 0.0526. The Balaban J connectivity index is 1.97. The third-order valence-electron chi connectivity index (χ3n) is 3.36. The van der Waals surface area contributed by atoms with Gasteiger partial charge in [0, 0.05) is 26.4 Å². The van der Waals surface area contributed by atoms with E-state index >= 15 is 0 Å². The highest BCUT2D eigenvalue weighted by atomic mass is 16.5. The molecule has 0 saturated carbocycles. The maximum Gasteiger partial charge on any atom is 0.339 e. The normalized spacial score (nSPS) is 16.4. The zero-order valence-electron chi connectivity index (χ0n) is 11.5. The van der Waals surface area contributed by atoms with Crippen molar-refractivity contribution in [3.63, 3.8) is 0 Å². The van der Waals surface area contributed by atoms with Crippen LogP contribution in [0.3, 0.4) is 0 Å². The van der Waals surface area contributed by atoms with Crippen molar-refractivity contribution in [3.8, 4) is 0 Å². The number of rotatable bonds is 4. The van der Waals surface area contributed by atoms with Crippen molar-refractivity contribution in [3.05, 3.63) is 23.9 Å². The summed E-state index contributed by atoms with van der Waals surface area (Å²) in [4.78, 5) is 18.1. The molecule has 0 aliphatic carbocycles. The van der Waals surface area contributed by atoms with Crippen LogP contribution >= 0.6 is 0 Å². The predicted octanol–water partition coefficient (Wildman–Crippen LogP) is 1.87. The molecule has 0 N–H and O–H groups in total. The lowest BCUT2D eigenvalue weighted by Crippen LogP contribution is -2.37. The predicted molar refractivity (Wildman–Crippen MR) is 72.4 cm³/mol. The molecule has 5 nitrogen and oxygen atoms in total. The average molecular weight is 264 g/mol. The fourth-order valence-corrected chi connectivity index (χ4v) is 2.23. The third kappa shape index (κ3) is 3.44. The van der Waals surface area contributed by atoms with Crippen molar-refractivity contribution in [2.24, 2.45) is 0 Å². The van der Waals surface area contributed by atoms with Gasteiger partial charge in [-0.15, -0.1) is 0 Å². The van der Waals surface area contributed by atoms with Crippen molar-refractivity contribution in [1.29, 1.82) is 0 Å². The van der Waals surface area contributed by atoms with Gasteiger partial charge in [0.05, 0.1) is 18.3 Å². The molecule has 1 fully saturated rings. The molecule has 104 valence electrons. The first kappa shape index (κ1) is 13.8. The van der Waals surface area contributed by atoms with Gasteiger partial charge < -0.3 is 14.4 Å². The lowest BCUT2D eigenvalue weighted by atomic mass is 10.1. The van der Waals surface area contributed by atoms with Gasteiger partial charge in [-0.3, -0.25) is 0 Å². The maximum absolute atomic E-state index is 11.5. The second-order valence-corrected chi connectivity index (χ2v) is 4.55. The molecule has 1 aliphatic heterocycles. The minimum atomic E-state index is -0.320. The number of carbonyl (C=O) groups excluding carboxylic acids is 1. The van der Waals surface area contributed by atoms with E-state index in [1.807, 2.05) is 6.07 Å². The Hall–Kier alpha value is -1.62. The fraction of sp³-hybridized carbons (Fsp3) is 0.571. The molecule has 1 aliphatic rings. The van der Waals surface area contributed by atoms with Crippen LogP contribution in [0.4, 0.5) is 5.82 Å². The second-order valence-electron chi connectivity index (χ2n) is 4.55. The zero-order valence-corrected chi connectivity index (χ0v) is 11.5. The largest absolute Gasteiger partial charge is 0.462 e. The number of ether oxygens (including phenoxy) is 2. The Morgan fingerprint density at radius 1 is 1.42 bits per heavy atom. The first-order chi connectivity index (χ1) is 9.24. The van der Waals surface area contributed by atoms with Crippen LogP contribution in [0.2, 0.25) is 0 Å². The van der Waals surface area contributed by atoms with Crippen LogP contribution in [0.1, 0.15) is 30.1 Å². The summed E-state index contributed by atoms with van der Waals surface area (Å²) in [5, 5.41) is 0. The van der Waals surface area contributed by atoms with Gasteiger partial charge >= 0.3 is 5.97 Å². The van der Waals surface area contributed by atoms with Gasteiger partial charge in [-0.2, -0.15) is 0 Å². The number of methoxy groups -OCH3 is 1. The van der Waals surface area contributed by atoms with Crippen molar-refractivity contribution in [2.75, 3.05) is 31.7 Å². The zero-order chi connectivity index (χ0) is 13.7. The number of esters is 1. The molecule has 1 aromatic rings. The molecule has 0 atom stereocenters. The Morgan fingerprint density at radius 2 is 2.16 bits per heavy atom. The molecule has 0 aromatic carbocycles. The molecule has 1 aromatic heterocycles. The van der Waals surface area contributed by atoms with E-state index in [0.717, 1.165) is 31.7 Å². The van der Waals surface area contributed by atoms with E-state index in [0.29, 0.717) is 18.3 Å². The van der Waals surface area contributed by atoms with Crippen LogP contribution in [0, 0.1) is 0 Å². The summed E-state index contributed by atoms with van der Waals surface area (Å²) >= 11 is 0. The minimum Gasteiger partial charge on any atom is -0.462 e. The van der Waals surface area contributed by atoms with Crippen LogP contribution in [0.5, 0.6) is 0 Å². The van der Waals surface area contributed by atoms with Crippen LogP contribution in [0.25, 0.3) is 0 Å².